The summed E-state index contributed by atoms with van der Waals surface area (Å²) >= 11 is 0. The Morgan fingerprint density at radius 3 is 2.60 bits per heavy atom. The van der Waals surface area contributed by atoms with E-state index in [0.29, 0.717) is 11.8 Å². The molecule has 25 heavy (non-hydrogen) atoms. The SMILES string of the molecule is COc1ccccc1/C=N/Nc1cc(C)nc(-n2nc(C)cc2C)n1. The normalized spacial score (nSPS) is 11.0. The number of ether oxygens (including phenoxy) is 1. The average molecular weight is 336 g/mol. The average Bonchev–Trinajstić information content (AvgIpc) is 2.93. The van der Waals surface area contributed by atoms with Crippen molar-refractivity contribution in [1.82, 2.24) is 19.7 Å². The first-order chi connectivity index (χ1) is 12.1. The highest BCUT2D eigenvalue weighted by molar-refractivity contribution is 5.83. The Morgan fingerprint density at radius 2 is 1.88 bits per heavy atom. The molecule has 2 heterocycles. The first-order valence-electron chi connectivity index (χ1n) is 7.88. The monoisotopic (exact) mass is 336 g/mol. The van der Waals surface area contributed by atoms with Crippen molar-refractivity contribution in [2.45, 2.75) is 20.8 Å². The number of para-hydroxylation sites is 1. The molecule has 0 unspecified atom stereocenters. The standard InChI is InChI=1S/C18H20N6O/c1-12-10-17(21-18(20-12)24-14(3)9-13(2)23-24)22-19-11-15-7-5-6-8-16(15)25-4/h5-11H,1-4H3,(H,20,21,22)/b19-11+. The van der Waals surface area contributed by atoms with Gasteiger partial charge in [-0.15, -0.1) is 0 Å². The van der Waals surface area contributed by atoms with Gasteiger partial charge in [-0.2, -0.15) is 15.2 Å². The number of benzene rings is 1. The second-order valence-corrected chi connectivity index (χ2v) is 5.65. The maximum Gasteiger partial charge on any atom is 0.253 e. The molecule has 0 radical (unpaired) electrons. The zero-order chi connectivity index (χ0) is 17.8. The largest absolute Gasteiger partial charge is 0.496 e. The summed E-state index contributed by atoms with van der Waals surface area (Å²) in [6.45, 7) is 5.82. The maximum absolute atomic E-state index is 5.30. The van der Waals surface area contributed by atoms with Crippen LogP contribution in [0, 0.1) is 20.8 Å². The van der Waals surface area contributed by atoms with E-state index in [0.717, 1.165) is 28.4 Å². The fourth-order valence-corrected chi connectivity index (χ4v) is 2.48. The van der Waals surface area contributed by atoms with Crippen LogP contribution in [0.5, 0.6) is 5.75 Å². The molecule has 1 aromatic carbocycles. The van der Waals surface area contributed by atoms with Gasteiger partial charge >= 0.3 is 0 Å². The number of aryl methyl sites for hydroxylation is 3. The van der Waals surface area contributed by atoms with E-state index in [2.05, 4.69) is 25.6 Å². The van der Waals surface area contributed by atoms with Gasteiger partial charge in [0.15, 0.2) is 5.82 Å². The number of rotatable bonds is 5. The molecular weight excluding hydrogens is 316 g/mol. The minimum Gasteiger partial charge on any atom is -0.496 e. The lowest BCUT2D eigenvalue weighted by Crippen LogP contribution is -2.08. The highest BCUT2D eigenvalue weighted by Crippen LogP contribution is 2.15. The van der Waals surface area contributed by atoms with E-state index < -0.39 is 0 Å². The molecule has 0 aliphatic rings. The van der Waals surface area contributed by atoms with Crippen LogP contribution in [-0.4, -0.2) is 33.1 Å². The summed E-state index contributed by atoms with van der Waals surface area (Å²) in [7, 11) is 1.63. The van der Waals surface area contributed by atoms with Gasteiger partial charge in [-0.1, -0.05) is 12.1 Å². The number of hydrogen-bond acceptors (Lipinski definition) is 6. The Kier molecular flexibility index (Phi) is 4.74. The molecule has 1 N–H and O–H groups in total. The molecule has 0 spiro atoms. The number of hydrazone groups is 1. The van der Waals surface area contributed by atoms with Crippen LogP contribution >= 0.6 is 0 Å². The highest BCUT2D eigenvalue weighted by Gasteiger charge is 2.08. The summed E-state index contributed by atoms with van der Waals surface area (Å²) in [5, 5.41) is 8.67. The van der Waals surface area contributed by atoms with E-state index in [1.54, 1.807) is 18.0 Å². The molecule has 128 valence electrons. The van der Waals surface area contributed by atoms with Crippen molar-refractivity contribution in [3.8, 4) is 11.7 Å². The van der Waals surface area contributed by atoms with E-state index in [9.17, 15) is 0 Å². The molecule has 0 aliphatic heterocycles. The molecule has 2 aromatic heterocycles. The van der Waals surface area contributed by atoms with E-state index in [1.807, 2.05) is 57.2 Å². The molecule has 0 fully saturated rings. The van der Waals surface area contributed by atoms with Crippen LogP contribution in [-0.2, 0) is 0 Å². The molecule has 0 atom stereocenters. The van der Waals surface area contributed by atoms with Crippen molar-refractivity contribution in [3.05, 3.63) is 59.0 Å². The van der Waals surface area contributed by atoms with Gasteiger partial charge < -0.3 is 4.74 Å². The lowest BCUT2D eigenvalue weighted by molar-refractivity contribution is 0.414. The van der Waals surface area contributed by atoms with Crippen LogP contribution in [0.15, 0.2) is 41.5 Å². The number of nitrogens with one attached hydrogen (secondary N) is 1. The number of aromatic nitrogens is 4. The summed E-state index contributed by atoms with van der Waals surface area (Å²) in [6.07, 6.45) is 1.69. The molecule has 0 bridgehead atoms. The highest BCUT2D eigenvalue weighted by atomic mass is 16.5. The molecule has 0 amide bonds. The Balaban J connectivity index is 1.84. The summed E-state index contributed by atoms with van der Waals surface area (Å²) in [4.78, 5) is 8.93. The lowest BCUT2D eigenvalue weighted by Gasteiger charge is -2.07. The maximum atomic E-state index is 5.30. The molecule has 0 saturated heterocycles. The summed E-state index contributed by atoms with van der Waals surface area (Å²) in [5.41, 5.74) is 6.55. The zero-order valence-electron chi connectivity index (χ0n) is 14.7. The second-order valence-electron chi connectivity index (χ2n) is 5.65. The minimum absolute atomic E-state index is 0.514. The van der Waals surface area contributed by atoms with Gasteiger partial charge in [0.2, 0.25) is 0 Å². The minimum atomic E-state index is 0.514. The first-order valence-corrected chi connectivity index (χ1v) is 7.88. The fourth-order valence-electron chi connectivity index (χ4n) is 2.48. The number of methoxy groups -OCH3 is 1. The Labute approximate surface area is 146 Å². The van der Waals surface area contributed by atoms with Crippen molar-refractivity contribution in [2.75, 3.05) is 12.5 Å². The van der Waals surface area contributed by atoms with E-state index in [-0.39, 0.29) is 0 Å². The molecule has 3 aromatic rings. The first kappa shape index (κ1) is 16.6. The lowest BCUT2D eigenvalue weighted by atomic mass is 10.2. The molecule has 7 nitrogen and oxygen atoms in total. The quantitative estimate of drug-likeness (QED) is 0.572. The van der Waals surface area contributed by atoms with Gasteiger partial charge in [0.1, 0.15) is 5.75 Å². The smallest absolute Gasteiger partial charge is 0.253 e. The van der Waals surface area contributed by atoms with Crippen molar-refractivity contribution in [3.63, 3.8) is 0 Å². The Bertz CT molecular complexity index is 916. The predicted octanol–water partition coefficient (Wildman–Crippen LogP) is 3.04. The number of anilines is 1. The van der Waals surface area contributed by atoms with Crippen molar-refractivity contribution < 1.29 is 4.74 Å². The van der Waals surface area contributed by atoms with Gasteiger partial charge in [0.25, 0.3) is 5.95 Å². The number of nitrogens with zero attached hydrogens (tertiary/aromatic N) is 5. The van der Waals surface area contributed by atoms with Crippen LogP contribution in [0.2, 0.25) is 0 Å². The summed E-state index contributed by atoms with van der Waals surface area (Å²) in [5.74, 6) is 1.87. The molecule has 3 rings (SSSR count). The topological polar surface area (TPSA) is 77.2 Å². The summed E-state index contributed by atoms with van der Waals surface area (Å²) in [6, 6.07) is 11.5. The Hall–Kier alpha value is -3.22. The van der Waals surface area contributed by atoms with Crippen LogP contribution < -0.4 is 10.2 Å². The van der Waals surface area contributed by atoms with Crippen molar-refractivity contribution >= 4 is 12.0 Å². The third-order valence-corrected chi connectivity index (χ3v) is 3.56. The summed E-state index contributed by atoms with van der Waals surface area (Å²) < 4.78 is 7.02. The fraction of sp³-hybridized carbons (Fsp3) is 0.222. The van der Waals surface area contributed by atoms with Gasteiger partial charge in [0.05, 0.1) is 19.0 Å². The number of hydrogen-bond donors (Lipinski definition) is 1. The van der Waals surface area contributed by atoms with Gasteiger partial charge in [-0.25, -0.2) is 9.67 Å². The predicted molar refractivity (Wildman–Crippen MR) is 97.6 cm³/mol. The van der Waals surface area contributed by atoms with Crippen LogP contribution in [0.25, 0.3) is 5.95 Å². The third kappa shape index (κ3) is 3.82. The molecular formula is C18H20N6O. The molecule has 0 saturated carbocycles. The van der Waals surface area contributed by atoms with Crippen molar-refractivity contribution in [1.29, 1.82) is 0 Å². The van der Waals surface area contributed by atoms with Gasteiger partial charge in [-0.3, -0.25) is 5.43 Å². The van der Waals surface area contributed by atoms with Gasteiger partial charge in [0, 0.05) is 23.0 Å². The Morgan fingerprint density at radius 1 is 1.08 bits per heavy atom. The third-order valence-electron chi connectivity index (χ3n) is 3.56. The second kappa shape index (κ2) is 7.12. The van der Waals surface area contributed by atoms with Crippen LogP contribution in [0.4, 0.5) is 5.82 Å². The van der Waals surface area contributed by atoms with Crippen molar-refractivity contribution in [2.24, 2.45) is 5.10 Å². The molecule has 7 heteroatoms. The van der Waals surface area contributed by atoms with E-state index >= 15 is 0 Å². The van der Waals surface area contributed by atoms with E-state index in [1.165, 1.54) is 0 Å². The van der Waals surface area contributed by atoms with Gasteiger partial charge in [-0.05, 0) is 39.0 Å². The zero-order valence-corrected chi connectivity index (χ0v) is 14.7. The van der Waals surface area contributed by atoms with Crippen LogP contribution in [0.3, 0.4) is 0 Å². The van der Waals surface area contributed by atoms with E-state index in [4.69, 9.17) is 4.74 Å². The van der Waals surface area contributed by atoms with Crippen LogP contribution in [0.1, 0.15) is 22.6 Å². The molecule has 0 aliphatic carbocycles.